The molecule has 0 aromatic carbocycles. The summed E-state index contributed by atoms with van der Waals surface area (Å²) in [5, 5.41) is 0. The van der Waals surface area contributed by atoms with Crippen LogP contribution in [0.15, 0.2) is 18.3 Å². The molecule has 0 atom stereocenters. The van der Waals surface area contributed by atoms with Crippen molar-refractivity contribution in [2.45, 2.75) is 0 Å². The van der Waals surface area contributed by atoms with Crippen LogP contribution in [0.25, 0.3) is 0 Å². The van der Waals surface area contributed by atoms with Crippen LogP contribution >= 0.6 is 0 Å². The van der Waals surface area contributed by atoms with E-state index >= 15 is 0 Å². The average molecular weight is 185 g/mol. The molecule has 1 aromatic heterocycles. The second-order valence-electron chi connectivity index (χ2n) is 2.44. The van der Waals surface area contributed by atoms with Crippen molar-refractivity contribution < 1.29 is 0 Å². The molecule has 0 aliphatic carbocycles. The molecule has 0 radical (unpaired) electrons. The van der Waals surface area contributed by atoms with E-state index in [-0.39, 0.29) is 0 Å². The zero-order chi connectivity index (χ0) is 10.2. The van der Waals surface area contributed by atoms with E-state index in [1.807, 2.05) is 12.1 Å². The number of rotatable bonds is 0. The summed E-state index contributed by atoms with van der Waals surface area (Å²) in [5.41, 5.74) is 12.0. The molecule has 3 heteroatoms. The fourth-order valence-electron chi connectivity index (χ4n) is 0.836. The predicted octanol–water partition coefficient (Wildman–Crippen LogP) is -0.298. The lowest BCUT2D eigenvalue weighted by Crippen LogP contribution is -1.94. The van der Waals surface area contributed by atoms with Gasteiger partial charge in [0, 0.05) is 11.8 Å². The van der Waals surface area contributed by atoms with Crippen molar-refractivity contribution in [2.75, 3.05) is 13.1 Å². The normalized spacial score (nSPS) is 8.14. The quantitative estimate of drug-likeness (QED) is 0.545. The maximum Gasteiger partial charge on any atom is 0.113 e. The van der Waals surface area contributed by atoms with Crippen molar-refractivity contribution in [1.82, 2.24) is 4.98 Å². The second kappa shape index (κ2) is 5.77. The molecular weight excluding hydrogens is 174 g/mol. The topological polar surface area (TPSA) is 64.9 Å². The minimum Gasteiger partial charge on any atom is -0.320 e. The van der Waals surface area contributed by atoms with Crippen LogP contribution in [0.1, 0.15) is 11.3 Å². The zero-order valence-electron chi connectivity index (χ0n) is 7.75. The van der Waals surface area contributed by atoms with Gasteiger partial charge in [-0.2, -0.15) is 0 Å². The number of aromatic nitrogens is 1. The van der Waals surface area contributed by atoms with Gasteiger partial charge >= 0.3 is 0 Å². The molecule has 0 aliphatic heterocycles. The molecule has 1 heterocycles. The van der Waals surface area contributed by atoms with E-state index in [0.29, 0.717) is 18.8 Å². The first-order chi connectivity index (χ1) is 6.86. The van der Waals surface area contributed by atoms with Crippen LogP contribution in [0.5, 0.6) is 0 Å². The standard InChI is InChI=1S/C11H11N3/c12-7-1-3-10-5-6-11(14-9-10)4-2-8-13/h5-6,9H,7-8,12-13H2. The lowest BCUT2D eigenvalue weighted by atomic mass is 10.2. The first-order valence-corrected chi connectivity index (χ1v) is 4.20. The van der Waals surface area contributed by atoms with Gasteiger partial charge in [0.05, 0.1) is 13.1 Å². The fourth-order valence-corrected chi connectivity index (χ4v) is 0.836. The summed E-state index contributed by atoms with van der Waals surface area (Å²) in [7, 11) is 0. The van der Waals surface area contributed by atoms with Gasteiger partial charge in [0.2, 0.25) is 0 Å². The second-order valence-corrected chi connectivity index (χ2v) is 2.44. The first kappa shape index (κ1) is 10.3. The molecular formula is C11H11N3. The molecule has 3 nitrogen and oxygen atoms in total. The van der Waals surface area contributed by atoms with Gasteiger partial charge in [-0.15, -0.1) is 0 Å². The number of pyridine rings is 1. The molecule has 0 aliphatic rings. The van der Waals surface area contributed by atoms with Crippen LogP contribution in [0.4, 0.5) is 0 Å². The molecule has 70 valence electrons. The molecule has 0 saturated heterocycles. The van der Waals surface area contributed by atoms with Crippen molar-refractivity contribution in [3.8, 4) is 23.7 Å². The largest absolute Gasteiger partial charge is 0.320 e. The summed E-state index contributed by atoms with van der Waals surface area (Å²) in [4.78, 5) is 4.10. The number of nitrogens with two attached hydrogens (primary N) is 2. The summed E-state index contributed by atoms with van der Waals surface area (Å²) in [6.07, 6.45) is 1.67. The Morgan fingerprint density at radius 3 is 2.36 bits per heavy atom. The molecule has 0 spiro atoms. The van der Waals surface area contributed by atoms with Crippen LogP contribution in [-0.2, 0) is 0 Å². The average Bonchev–Trinajstić information content (AvgIpc) is 2.25. The van der Waals surface area contributed by atoms with Crippen LogP contribution in [-0.4, -0.2) is 18.1 Å². The Labute approximate surface area is 83.5 Å². The van der Waals surface area contributed by atoms with Gasteiger partial charge in [0.25, 0.3) is 0 Å². The minimum absolute atomic E-state index is 0.344. The Morgan fingerprint density at radius 2 is 1.79 bits per heavy atom. The van der Waals surface area contributed by atoms with Crippen LogP contribution in [0.2, 0.25) is 0 Å². The maximum absolute atomic E-state index is 5.24. The monoisotopic (exact) mass is 185 g/mol. The summed E-state index contributed by atoms with van der Waals surface area (Å²) in [6, 6.07) is 3.67. The van der Waals surface area contributed by atoms with Gasteiger partial charge in [-0.25, -0.2) is 4.98 Å². The minimum atomic E-state index is 0.344. The van der Waals surface area contributed by atoms with E-state index in [1.54, 1.807) is 6.20 Å². The zero-order valence-corrected chi connectivity index (χ0v) is 7.75. The van der Waals surface area contributed by atoms with E-state index in [4.69, 9.17) is 11.5 Å². The fraction of sp³-hybridized carbons (Fsp3) is 0.182. The lowest BCUT2D eigenvalue weighted by molar-refractivity contribution is 1.26. The number of hydrogen-bond donors (Lipinski definition) is 2. The third-order valence-electron chi connectivity index (χ3n) is 1.42. The Hall–Kier alpha value is -1.81. The number of hydrogen-bond acceptors (Lipinski definition) is 3. The van der Waals surface area contributed by atoms with E-state index in [1.165, 1.54) is 0 Å². The Balaban J connectivity index is 2.78. The molecule has 0 unspecified atom stereocenters. The molecule has 0 fully saturated rings. The molecule has 0 bridgehead atoms. The van der Waals surface area contributed by atoms with Gasteiger partial charge in [0.15, 0.2) is 0 Å². The summed E-state index contributed by atoms with van der Waals surface area (Å²) in [5.74, 6) is 11.2. The van der Waals surface area contributed by atoms with E-state index in [0.717, 1.165) is 5.56 Å². The first-order valence-electron chi connectivity index (χ1n) is 4.20. The van der Waals surface area contributed by atoms with E-state index in [9.17, 15) is 0 Å². The van der Waals surface area contributed by atoms with Crippen molar-refractivity contribution in [3.05, 3.63) is 29.6 Å². The Morgan fingerprint density at radius 1 is 1.07 bits per heavy atom. The third-order valence-corrected chi connectivity index (χ3v) is 1.42. The Kier molecular flexibility index (Phi) is 4.23. The molecule has 0 saturated carbocycles. The van der Waals surface area contributed by atoms with Gasteiger partial charge in [0.1, 0.15) is 5.69 Å². The molecule has 14 heavy (non-hydrogen) atoms. The molecule has 4 N–H and O–H groups in total. The lowest BCUT2D eigenvalue weighted by Gasteiger charge is -1.90. The third kappa shape index (κ3) is 3.28. The smallest absolute Gasteiger partial charge is 0.113 e. The van der Waals surface area contributed by atoms with Crippen LogP contribution < -0.4 is 11.5 Å². The van der Waals surface area contributed by atoms with Gasteiger partial charge in [-0.05, 0) is 18.1 Å². The summed E-state index contributed by atoms with van der Waals surface area (Å²) >= 11 is 0. The molecule has 0 amide bonds. The van der Waals surface area contributed by atoms with Crippen molar-refractivity contribution in [3.63, 3.8) is 0 Å². The molecule has 1 aromatic rings. The van der Waals surface area contributed by atoms with Crippen molar-refractivity contribution >= 4 is 0 Å². The van der Waals surface area contributed by atoms with Crippen LogP contribution in [0.3, 0.4) is 0 Å². The maximum atomic E-state index is 5.24. The highest BCUT2D eigenvalue weighted by Crippen LogP contribution is 1.96. The van der Waals surface area contributed by atoms with Gasteiger partial charge in [-0.1, -0.05) is 17.8 Å². The molecule has 1 rings (SSSR count). The highest BCUT2D eigenvalue weighted by Gasteiger charge is 1.88. The number of nitrogens with zero attached hydrogens (tertiary/aromatic N) is 1. The summed E-state index contributed by atoms with van der Waals surface area (Å²) < 4.78 is 0. The Bertz CT molecular complexity index is 357. The van der Waals surface area contributed by atoms with Gasteiger partial charge in [-0.3, -0.25) is 0 Å². The van der Waals surface area contributed by atoms with E-state index < -0.39 is 0 Å². The van der Waals surface area contributed by atoms with E-state index in [2.05, 4.69) is 28.7 Å². The highest BCUT2D eigenvalue weighted by atomic mass is 14.7. The predicted molar refractivity (Wildman–Crippen MR) is 56.1 cm³/mol. The van der Waals surface area contributed by atoms with Crippen molar-refractivity contribution in [2.24, 2.45) is 11.5 Å². The van der Waals surface area contributed by atoms with Crippen LogP contribution in [0, 0.1) is 23.7 Å². The van der Waals surface area contributed by atoms with Crippen molar-refractivity contribution in [1.29, 1.82) is 0 Å². The van der Waals surface area contributed by atoms with Gasteiger partial charge < -0.3 is 11.5 Å². The SMILES string of the molecule is NCC#Cc1ccc(C#CCN)nc1. The summed E-state index contributed by atoms with van der Waals surface area (Å²) in [6.45, 7) is 0.700. The highest BCUT2D eigenvalue weighted by molar-refractivity contribution is 5.36.